The van der Waals surface area contributed by atoms with Crippen LogP contribution >= 0.6 is 11.6 Å². The minimum atomic E-state index is -3.96. The molecule has 5 nitrogen and oxygen atoms in total. The van der Waals surface area contributed by atoms with Crippen molar-refractivity contribution in [1.82, 2.24) is 5.32 Å². The van der Waals surface area contributed by atoms with Crippen molar-refractivity contribution in [1.29, 1.82) is 0 Å². The lowest BCUT2D eigenvalue weighted by atomic mass is 10.1. The van der Waals surface area contributed by atoms with Crippen LogP contribution in [-0.4, -0.2) is 20.9 Å². The van der Waals surface area contributed by atoms with Gasteiger partial charge in [-0.2, -0.15) is 0 Å². The number of carbonyl (C=O) groups is 1. The maximum absolute atomic E-state index is 12.1. The van der Waals surface area contributed by atoms with Gasteiger partial charge in [-0.15, -0.1) is 0 Å². The Kier molecular flexibility index (Phi) is 4.60. The van der Waals surface area contributed by atoms with Crippen molar-refractivity contribution in [3.05, 3.63) is 28.3 Å². The Morgan fingerprint density at radius 2 is 2.10 bits per heavy atom. The number of hydrogen-bond acceptors (Lipinski definition) is 3. The summed E-state index contributed by atoms with van der Waals surface area (Å²) in [6, 6.07) is 2.79. The molecule has 116 valence electrons. The summed E-state index contributed by atoms with van der Waals surface area (Å²) in [6.07, 6.45) is 2.43. The number of hydrogen-bond donors (Lipinski definition) is 2. The predicted molar refractivity (Wildman–Crippen MR) is 81.8 cm³/mol. The fourth-order valence-electron chi connectivity index (χ4n) is 2.26. The maximum Gasteiger partial charge on any atom is 0.251 e. The van der Waals surface area contributed by atoms with Gasteiger partial charge in [0.25, 0.3) is 5.91 Å². The summed E-state index contributed by atoms with van der Waals surface area (Å²) in [5.74, 6) is 0.810. The first-order chi connectivity index (χ1) is 9.70. The average Bonchev–Trinajstić information content (AvgIpc) is 3.21. The molecule has 1 amide bonds. The van der Waals surface area contributed by atoms with E-state index in [9.17, 15) is 13.2 Å². The number of nitrogens with one attached hydrogen (secondary N) is 1. The van der Waals surface area contributed by atoms with E-state index in [1.165, 1.54) is 18.9 Å². The molecule has 0 aliphatic heterocycles. The van der Waals surface area contributed by atoms with Gasteiger partial charge in [-0.3, -0.25) is 4.79 Å². The second-order valence-corrected chi connectivity index (χ2v) is 7.58. The highest BCUT2D eigenvalue weighted by molar-refractivity contribution is 7.89. The molecule has 1 aromatic carbocycles. The lowest BCUT2D eigenvalue weighted by Crippen LogP contribution is -2.29. The molecule has 0 radical (unpaired) electrons. The second kappa shape index (κ2) is 5.94. The first kappa shape index (κ1) is 16.3. The van der Waals surface area contributed by atoms with Crippen LogP contribution in [0.4, 0.5) is 0 Å². The van der Waals surface area contributed by atoms with Gasteiger partial charge in [-0.25, -0.2) is 13.6 Å². The van der Waals surface area contributed by atoms with E-state index < -0.39 is 10.0 Å². The van der Waals surface area contributed by atoms with Gasteiger partial charge in [0.05, 0.1) is 5.02 Å². The van der Waals surface area contributed by atoms with Crippen molar-refractivity contribution >= 4 is 27.5 Å². The second-order valence-electron chi connectivity index (χ2n) is 5.68. The third kappa shape index (κ3) is 3.96. The lowest BCUT2D eigenvalue weighted by molar-refractivity contribution is 0.0946. The molecule has 1 aliphatic carbocycles. The number of amides is 1. The van der Waals surface area contributed by atoms with Crippen molar-refractivity contribution in [3.63, 3.8) is 0 Å². The molecule has 21 heavy (non-hydrogen) atoms. The molecule has 1 aliphatic rings. The van der Waals surface area contributed by atoms with Crippen LogP contribution in [0, 0.1) is 18.8 Å². The first-order valence-corrected chi connectivity index (χ1v) is 8.73. The van der Waals surface area contributed by atoms with Crippen LogP contribution in [0.25, 0.3) is 0 Å². The van der Waals surface area contributed by atoms with Gasteiger partial charge in [0.1, 0.15) is 4.90 Å². The van der Waals surface area contributed by atoms with Crippen molar-refractivity contribution in [2.45, 2.75) is 31.6 Å². The highest BCUT2D eigenvalue weighted by atomic mass is 35.5. The molecule has 0 aromatic heterocycles. The van der Waals surface area contributed by atoms with Gasteiger partial charge >= 0.3 is 0 Å². The molecule has 0 saturated heterocycles. The summed E-state index contributed by atoms with van der Waals surface area (Å²) in [4.78, 5) is 11.9. The summed E-state index contributed by atoms with van der Waals surface area (Å²) in [5, 5.41) is 8.01. The van der Waals surface area contributed by atoms with Gasteiger partial charge in [-0.1, -0.05) is 18.5 Å². The minimum absolute atomic E-state index is 0.0559. The summed E-state index contributed by atoms with van der Waals surface area (Å²) in [6.45, 7) is 4.32. The molecule has 0 heterocycles. The van der Waals surface area contributed by atoms with Crippen molar-refractivity contribution < 1.29 is 13.2 Å². The van der Waals surface area contributed by atoms with E-state index in [0.717, 1.165) is 0 Å². The smallest absolute Gasteiger partial charge is 0.251 e. The molecule has 1 fully saturated rings. The molecule has 2 rings (SSSR count). The molecular weight excluding hydrogens is 312 g/mol. The van der Waals surface area contributed by atoms with E-state index in [4.69, 9.17) is 16.7 Å². The Labute approximate surface area is 129 Å². The monoisotopic (exact) mass is 330 g/mol. The Balaban J connectivity index is 2.19. The van der Waals surface area contributed by atoms with Gasteiger partial charge < -0.3 is 5.32 Å². The molecule has 7 heteroatoms. The maximum atomic E-state index is 12.1. The molecule has 0 bridgehead atoms. The zero-order valence-corrected chi connectivity index (χ0v) is 13.6. The van der Waals surface area contributed by atoms with Crippen LogP contribution in [0.1, 0.15) is 35.7 Å². The van der Waals surface area contributed by atoms with E-state index in [-0.39, 0.29) is 21.4 Å². The Morgan fingerprint density at radius 1 is 1.48 bits per heavy atom. The number of aryl methyl sites for hydroxylation is 1. The molecule has 1 atom stereocenters. The number of sulfonamides is 1. The number of rotatable bonds is 5. The van der Waals surface area contributed by atoms with Crippen LogP contribution in [-0.2, 0) is 10.0 Å². The lowest BCUT2D eigenvalue weighted by Gasteiger charge is -2.13. The third-order valence-corrected chi connectivity index (χ3v) is 5.35. The van der Waals surface area contributed by atoms with Crippen LogP contribution in [0.2, 0.25) is 5.02 Å². The van der Waals surface area contributed by atoms with Gasteiger partial charge in [0.2, 0.25) is 10.0 Å². The summed E-state index contributed by atoms with van der Waals surface area (Å²) >= 11 is 5.94. The van der Waals surface area contributed by atoms with Crippen molar-refractivity contribution in [2.75, 3.05) is 6.54 Å². The first-order valence-electron chi connectivity index (χ1n) is 6.81. The highest BCUT2D eigenvalue weighted by Gasteiger charge is 2.28. The quantitative estimate of drug-likeness (QED) is 0.866. The molecule has 1 saturated carbocycles. The van der Waals surface area contributed by atoms with Crippen LogP contribution in [0.5, 0.6) is 0 Å². The van der Waals surface area contributed by atoms with Crippen molar-refractivity contribution in [2.24, 2.45) is 17.0 Å². The predicted octanol–water partition coefficient (Wildman–Crippen LogP) is 2.07. The fourth-order valence-corrected chi connectivity index (χ4v) is 3.40. The number of primary sulfonamides is 1. The number of benzene rings is 1. The summed E-state index contributed by atoms with van der Waals surface area (Å²) < 4.78 is 23.0. The van der Waals surface area contributed by atoms with E-state index in [1.807, 2.05) is 0 Å². The number of halogens is 1. The Hall–Kier alpha value is -1.11. The highest BCUT2D eigenvalue weighted by Crippen LogP contribution is 2.36. The average molecular weight is 331 g/mol. The molecule has 1 aromatic rings. The SMILES string of the molecule is Cc1cc(C(=O)NCC(C)C2CC2)cc(S(N)(=O)=O)c1Cl. The Bertz CT molecular complexity index is 669. The number of carbonyl (C=O) groups excluding carboxylic acids is 1. The summed E-state index contributed by atoms with van der Waals surface area (Å²) in [7, 11) is -3.96. The van der Waals surface area contributed by atoms with E-state index in [1.54, 1.807) is 13.0 Å². The zero-order valence-electron chi connectivity index (χ0n) is 12.0. The Morgan fingerprint density at radius 3 is 2.62 bits per heavy atom. The molecular formula is C14H19ClN2O3S. The standard InChI is InChI=1S/C14H19ClN2O3S/c1-8-5-11(6-12(13(8)15)21(16,19)20)14(18)17-7-9(2)10-3-4-10/h5-6,9-10H,3-4,7H2,1-2H3,(H,17,18)(H2,16,19,20). The topological polar surface area (TPSA) is 89.3 Å². The molecule has 1 unspecified atom stereocenters. The van der Waals surface area contributed by atoms with Gasteiger partial charge in [-0.05, 0) is 49.3 Å². The van der Waals surface area contributed by atoms with E-state index in [2.05, 4.69) is 12.2 Å². The zero-order chi connectivity index (χ0) is 15.8. The fraction of sp³-hybridized carbons (Fsp3) is 0.500. The van der Waals surface area contributed by atoms with Crippen LogP contribution in [0.3, 0.4) is 0 Å². The third-order valence-electron chi connectivity index (χ3n) is 3.80. The summed E-state index contributed by atoms with van der Waals surface area (Å²) in [5.41, 5.74) is 0.757. The van der Waals surface area contributed by atoms with Gasteiger partial charge in [0.15, 0.2) is 0 Å². The normalized spacial score (nSPS) is 16.6. The van der Waals surface area contributed by atoms with Crippen LogP contribution < -0.4 is 10.5 Å². The van der Waals surface area contributed by atoms with Crippen LogP contribution in [0.15, 0.2) is 17.0 Å². The minimum Gasteiger partial charge on any atom is -0.352 e. The van der Waals surface area contributed by atoms with Crippen molar-refractivity contribution in [3.8, 4) is 0 Å². The molecule has 3 N–H and O–H groups in total. The number of nitrogens with two attached hydrogens (primary N) is 1. The van der Waals surface area contributed by atoms with E-state index >= 15 is 0 Å². The van der Waals surface area contributed by atoms with E-state index in [0.29, 0.717) is 23.9 Å². The van der Waals surface area contributed by atoms with Gasteiger partial charge in [0, 0.05) is 12.1 Å². The molecule has 0 spiro atoms. The largest absolute Gasteiger partial charge is 0.352 e.